The summed E-state index contributed by atoms with van der Waals surface area (Å²) in [4.78, 5) is 24.7. The van der Waals surface area contributed by atoms with Crippen LogP contribution in [0.4, 0.5) is 0 Å². The van der Waals surface area contributed by atoms with E-state index in [-0.39, 0.29) is 17.6 Å². The number of benzene rings is 1. The van der Waals surface area contributed by atoms with Crippen LogP contribution >= 0.6 is 0 Å². The van der Waals surface area contributed by atoms with Gasteiger partial charge in [0.05, 0.1) is 12.7 Å². The monoisotopic (exact) mass is 277 g/mol. The van der Waals surface area contributed by atoms with Crippen molar-refractivity contribution < 1.29 is 19.4 Å². The second-order valence-corrected chi connectivity index (χ2v) is 5.01. The zero-order valence-corrected chi connectivity index (χ0v) is 11.5. The minimum atomic E-state index is -0.929. The predicted molar refractivity (Wildman–Crippen MR) is 73.5 cm³/mol. The van der Waals surface area contributed by atoms with Gasteiger partial charge in [0.15, 0.2) is 0 Å². The van der Waals surface area contributed by atoms with E-state index in [0.29, 0.717) is 6.54 Å². The molecule has 0 aliphatic carbocycles. The lowest BCUT2D eigenvalue weighted by Gasteiger charge is -2.33. The molecule has 2 rings (SSSR count). The molecule has 0 radical (unpaired) electrons. The molecule has 1 atom stereocenters. The van der Waals surface area contributed by atoms with Gasteiger partial charge >= 0.3 is 11.9 Å². The minimum absolute atomic E-state index is 0.187. The molecule has 1 saturated heterocycles. The molecule has 1 fully saturated rings. The molecule has 5 heteroatoms. The van der Waals surface area contributed by atoms with Crippen LogP contribution in [0.2, 0.25) is 0 Å². The lowest BCUT2D eigenvalue weighted by Crippen LogP contribution is -2.44. The Balaban J connectivity index is 2.06. The Morgan fingerprint density at radius 2 is 2.00 bits per heavy atom. The molecular weight excluding hydrogens is 258 g/mol. The summed E-state index contributed by atoms with van der Waals surface area (Å²) in [7, 11) is 1.41. The summed E-state index contributed by atoms with van der Waals surface area (Å²) in [5.74, 6) is -1.12. The molecule has 1 aromatic carbocycles. The number of carbonyl (C=O) groups excluding carboxylic acids is 1. The Labute approximate surface area is 118 Å². The molecule has 0 spiro atoms. The van der Waals surface area contributed by atoms with Gasteiger partial charge in [-0.15, -0.1) is 0 Å². The number of aromatic carboxylic acids is 1. The topological polar surface area (TPSA) is 66.8 Å². The standard InChI is InChI=1S/C15H19NO4/c1-20-15(19)13-4-2-3-9-16(13)10-11-5-7-12(8-6-11)14(17)18/h5-8,13H,2-4,9-10H2,1H3,(H,17,18). The van der Waals surface area contributed by atoms with Crippen LogP contribution in [0.25, 0.3) is 0 Å². The summed E-state index contributed by atoms with van der Waals surface area (Å²) in [6.45, 7) is 1.50. The van der Waals surface area contributed by atoms with E-state index in [1.54, 1.807) is 24.3 Å². The summed E-state index contributed by atoms with van der Waals surface area (Å²) in [6.07, 6.45) is 2.93. The lowest BCUT2D eigenvalue weighted by molar-refractivity contribution is -0.148. The molecule has 1 unspecified atom stereocenters. The van der Waals surface area contributed by atoms with Gasteiger partial charge in [-0.25, -0.2) is 4.79 Å². The highest BCUT2D eigenvalue weighted by Gasteiger charge is 2.29. The highest BCUT2D eigenvalue weighted by atomic mass is 16.5. The number of carboxylic acids is 1. The Bertz CT molecular complexity index is 483. The number of carbonyl (C=O) groups is 2. The van der Waals surface area contributed by atoms with E-state index in [9.17, 15) is 9.59 Å². The van der Waals surface area contributed by atoms with Gasteiger partial charge in [-0.1, -0.05) is 18.6 Å². The molecule has 0 aromatic heterocycles. The second-order valence-electron chi connectivity index (χ2n) is 5.01. The van der Waals surface area contributed by atoms with Crippen molar-refractivity contribution in [3.63, 3.8) is 0 Å². The minimum Gasteiger partial charge on any atom is -0.478 e. The lowest BCUT2D eigenvalue weighted by atomic mass is 10.0. The molecule has 1 N–H and O–H groups in total. The average Bonchev–Trinajstić information content (AvgIpc) is 2.47. The van der Waals surface area contributed by atoms with E-state index in [2.05, 4.69) is 4.90 Å². The molecule has 1 aliphatic heterocycles. The number of carboxylic acid groups (broad SMARTS) is 1. The van der Waals surface area contributed by atoms with Crippen molar-refractivity contribution in [3.05, 3.63) is 35.4 Å². The molecule has 1 heterocycles. The quantitative estimate of drug-likeness (QED) is 0.852. The third-order valence-electron chi connectivity index (χ3n) is 3.67. The van der Waals surface area contributed by atoms with Crippen LogP contribution in [0.5, 0.6) is 0 Å². The Morgan fingerprint density at radius 1 is 1.30 bits per heavy atom. The first-order valence-corrected chi connectivity index (χ1v) is 6.76. The van der Waals surface area contributed by atoms with Crippen LogP contribution in [0, 0.1) is 0 Å². The largest absolute Gasteiger partial charge is 0.478 e. The zero-order chi connectivity index (χ0) is 14.5. The fourth-order valence-electron chi connectivity index (χ4n) is 2.57. The van der Waals surface area contributed by atoms with E-state index in [1.165, 1.54) is 7.11 Å². The van der Waals surface area contributed by atoms with E-state index < -0.39 is 5.97 Å². The normalized spacial score (nSPS) is 19.6. The van der Waals surface area contributed by atoms with Gasteiger partial charge < -0.3 is 9.84 Å². The van der Waals surface area contributed by atoms with Crippen molar-refractivity contribution in [2.24, 2.45) is 0 Å². The summed E-state index contributed by atoms with van der Waals surface area (Å²) >= 11 is 0. The maximum absolute atomic E-state index is 11.8. The molecule has 0 amide bonds. The smallest absolute Gasteiger partial charge is 0.335 e. The van der Waals surface area contributed by atoms with Crippen molar-refractivity contribution in [2.45, 2.75) is 31.8 Å². The van der Waals surface area contributed by atoms with Crippen LogP contribution in [-0.2, 0) is 16.1 Å². The number of hydrogen-bond acceptors (Lipinski definition) is 4. The molecule has 0 saturated carbocycles. The second kappa shape index (κ2) is 6.52. The van der Waals surface area contributed by atoms with Gasteiger partial charge in [0.1, 0.15) is 6.04 Å². The maximum Gasteiger partial charge on any atom is 0.335 e. The SMILES string of the molecule is COC(=O)C1CCCCN1Cc1ccc(C(=O)O)cc1. The summed E-state index contributed by atoms with van der Waals surface area (Å²) in [5, 5.41) is 8.87. The number of methoxy groups -OCH3 is 1. The van der Waals surface area contributed by atoms with E-state index in [1.807, 2.05) is 0 Å². The molecule has 20 heavy (non-hydrogen) atoms. The highest BCUT2D eigenvalue weighted by Crippen LogP contribution is 2.20. The van der Waals surface area contributed by atoms with Crippen LogP contribution in [0.1, 0.15) is 35.2 Å². The van der Waals surface area contributed by atoms with Gasteiger partial charge in [-0.2, -0.15) is 0 Å². The van der Waals surface area contributed by atoms with E-state index >= 15 is 0 Å². The van der Waals surface area contributed by atoms with Gasteiger partial charge in [-0.3, -0.25) is 9.69 Å². The van der Waals surface area contributed by atoms with E-state index in [4.69, 9.17) is 9.84 Å². The Morgan fingerprint density at radius 3 is 2.60 bits per heavy atom. The van der Waals surface area contributed by atoms with Gasteiger partial charge in [-0.05, 0) is 37.1 Å². The van der Waals surface area contributed by atoms with Crippen molar-refractivity contribution in [3.8, 4) is 0 Å². The molecule has 0 bridgehead atoms. The number of ether oxygens (including phenoxy) is 1. The highest BCUT2D eigenvalue weighted by molar-refractivity contribution is 5.87. The number of hydrogen-bond donors (Lipinski definition) is 1. The van der Waals surface area contributed by atoms with Crippen molar-refractivity contribution in [1.29, 1.82) is 0 Å². The third-order valence-corrected chi connectivity index (χ3v) is 3.67. The maximum atomic E-state index is 11.8. The van der Waals surface area contributed by atoms with Crippen LogP contribution < -0.4 is 0 Å². The summed E-state index contributed by atoms with van der Waals surface area (Å²) in [5.41, 5.74) is 1.28. The van der Waals surface area contributed by atoms with Gasteiger partial charge in [0, 0.05) is 6.54 Å². The van der Waals surface area contributed by atoms with Crippen LogP contribution in [-0.4, -0.2) is 41.6 Å². The van der Waals surface area contributed by atoms with Gasteiger partial charge in [0.2, 0.25) is 0 Å². The van der Waals surface area contributed by atoms with Gasteiger partial charge in [0.25, 0.3) is 0 Å². The summed E-state index contributed by atoms with van der Waals surface area (Å²) < 4.78 is 4.85. The predicted octanol–water partition coefficient (Wildman–Crippen LogP) is 1.91. The van der Waals surface area contributed by atoms with E-state index in [0.717, 1.165) is 31.4 Å². The van der Waals surface area contributed by atoms with Crippen molar-refractivity contribution in [1.82, 2.24) is 4.90 Å². The fourth-order valence-corrected chi connectivity index (χ4v) is 2.57. The number of rotatable bonds is 4. The number of nitrogens with zero attached hydrogens (tertiary/aromatic N) is 1. The third kappa shape index (κ3) is 3.36. The molecule has 1 aliphatic rings. The molecule has 5 nitrogen and oxygen atoms in total. The zero-order valence-electron chi connectivity index (χ0n) is 11.5. The number of esters is 1. The van der Waals surface area contributed by atoms with Crippen molar-refractivity contribution >= 4 is 11.9 Å². The Kier molecular flexibility index (Phi) is 4.74. The molecule has 1 aromatic rings. The molecular formula is C15H19NO4. The first kappa shape index (κ1) is 14.5. The van der Waals surface area contributed by atoms with Crippen LogP contribution in [0.3, 0.4) is 0 Å². The number of likely N-dealkylation sites (tertiary alicyclic amines) is 1. The van der Waals surface area contributed by atoms with Crippen LogP contribution in [0.15, 0.2) is 24.3 Å². The number of piperidine rings is 1. The average molecular weight is 277 g/mol. The molecule has 108 valence electrons. The first-order chi connectivity index (χ1) is 9.61. The fraction of sp³-hybridized carbons (Fsp3) is 0.467. The van der Waals surface area contributed by atoms with Crippen molar-refractivity contribution in [2.75, 3.05) is 13.7 Å². The summed E-state index contributed by atoms with van der Waals surface area (Å²) in [6, 6.07) is 6.59. The first-order valence-electron chi connectivity index (χ1n) is 6.76. The Hall–Kier alpha value is -1.88.